The molecule has 1 atom stereocenters. The molecule has 17 heavy (non-hydrogen) atoms. The van der Waals surface area contributed by atoms with Crippen LogP contribution in [0.1, 0.15) is 6.92 Å². The average molecular weight is 298 g/mol. The van der Waals surface area contributed by atoms with Crippen LogP contribution in [-0.2, 0) is 10.0 Å². The largest absolute Gasteiger partial charge is 0.395 e. The summed E-state index contributed by atoms with van der Waals surface area (Å²) < 4.78 is 25.5. The Labute approximate surface area is 111 Å². The first-order chi connectivity index (χ1) is 7.82. The van der Waals surface area contributed by atoms with Crippen molar-refractivity contribution in [2.45, 2.75) is 17.9 Å². The Kier molecular flexibility index (Phi) is 4.80. The van der Waals surface area contributed by atoms with Gasteiger partial charge in [0.25, 0.3) is 0 Å². The molecule has 0 aliphatic carbocycles. The van der Waals surface area contributed by atoms with Crippen molar-refractivity contribution in [2.75, 3.05) is 13.7 Å². The van der Waals surface area contributed by atoms with E-state index >= 15 is 0 Å². The van der Waals surface area contributed by atoms with Gasteiger partial charge in [0, 0.05) is 13.1 Å². The fraction of sp³-hybridized carbons (Fsp3) is 0.400. The van der Waals surface area contributed by atoms with E-state index < -0.39 is 16.1 Å². The molecule has 0 bridgehead atoms. The van der Waals surface area contributed by atoms with Crippen LogP contribution >= 0.6 is 23.2 Å². The van der Waals surface area contributed by atoms with Crippen LogP contribution in [0.4, 0.5) is 0 Å². The predicted molar refractivity (Wildman–Crippen MR) is 68.0 cm³/mol. The molecule has 1 rings (SSSR count). The third-order valence-corrected chi connectivity index (χ3v) is 5.37. The van der Waals surface area contributed by atoms with Crippen LogP contribution in [0.15, 0.2) is 23.1 Å². The fourth-order valence-electron chi connectivity index (χ4n) is 1.22. The van der Waals surface area contributed by atoms with Crippen molar-refractivity contribution in [2.24, 2.45) is 0 Å². The van der Waals surface area contributed by atoms with E-state index in [1.165, 1.54) is 19.2 Å². The van der Waals surface area contributed by atoms with Crippen molar-refractivity contribution < 1.29 is 13.5 Å². The summed E-state index contributed by atoms with van der Waals surface area (Å²) in [4.78, 5) is -0.133. The minimum Gasteiger partial charge on any atom is -0.395 e. The molecule has 0 aliphatic heterocycles. The highest BCUT2D eigenvalue weighted by Crippen LogP contribution is 2.31. The maximum absolute atomic E-state index is 12.2. The number of aliphatic hydroxyl groups is 1. The molecule has 96 valence electrons. The minimum absolute atomic E-state index is 0.0643. The second kappa shape index (κ2) is 5.54. The molecule has 1 N–H and O–H groups in total. The molecule has 0 radical (unpaired) electrons. The Morgan fingerprint density at radius 1 is 1.35 bits per heavy atom. The first-order valence-corrected chi connectivity index (χ1v) is 7.05. The number of aliphatic hydroxyl groups excluding tert-OH is 1. The lowest BCUT2D eigenvalue weighted by Crippen LogP contribution is -2.37. The highest BCUT2D eigenvalue weighted by molar-refractivity contribution is 7.89. The van der Waals surface area contributed by atoms with Gasteiger partial charge in [-0.05, 0) is 19.1 Å². The summed E-state index contributed by atoms with van der Waals surface area (Å²) in [6.45, 7) is 1.31. The first kappa shape index (κ1) is 14.7. The number of sulfonamides is 1. The number of nitrogens with zero attached hydrogens (tertiary/aromatic N) is 1. The molecule has 0 saturated carbocycles. The lowest BCUT2D eigenvalue weighted by Gasteiger charge is -2.23. The van der Waals surface area contributed by atoms with Gasteiger partial charge in [0.05, 0.1) is 16.7 Å². The molecule has 0 saturated heterocycles. The molecular formula is C10H13Cl2NO3S. The monoisotopic (exact) mass is 297 g/mol. The molecule has 1 aromatic carbocycles. The zero-order valence-electron chi connectivity index (χ0n) is 9.39. The van der Waals surface area contributed by atoms with E-state index in [0.29, 0.717) is 0 Å². The van der Waals surface area contributed by atoms with E-state index in [2.05, 4.69) is 0 Å². The molecule has 1 unspecified atom stereocenters. The second-order valence-corrected chi connectivity index (χ2v) is 6.35. The van der Waals surface area contributed by atoms with Crippen molar-refractivity contribution in [1.82, 2.24) is 4.31 Å². The summed E-state index contributed by atoms with van der Waals surface area (Å²) in [7, 11) is -2.43. The van der Waals surface area contributed by atoms with Crippen molar-refractivity contribution >= 4 is 33.2 Å². The van der Waals surface area contributed by atoms with Crippen molar-refractivity contribution in [3.05, 3.63) is 28.2 Å². The second-order valence-electron chi connectivity index (χ2n) is 3.60. The number of hydrogen-bond donors (Lipinski definition) is 1. The fourth-order valence-corrected chi connectivity index (χ4v) is 3.66. The normalized spacial score (nSPS) is 14.0. The predicted octanol–water partition coefficient (Wildman–Crippen LogP) is 1.99. The van der Waals surface area contributed by atoms with E-state index in [9.17, 15) is 8.42 Å². The average Bonchev–Trinajstić information content (AvgIpc) is 2.26. The van der Waals surface area contributed by atoms with E-state index in [0.717, 1.165) is 4.31 Å². The Hall–Kier alpha value is -0.330. The smallest absolute Gasteiger partial charge is 0.246 e. The Morgan fingerprint density at radius 2 is 1.82 bits per heavy atom. The van der Waals surface area contributed by atoms with Crippen molar-refractivity contribution in [3.8, 4) is 0 Å². The van der Waals surface area contributed by atoms with Gasteiger partial charge in [-0.15, -0.1) is 0 Å². The van der Waals surface area contributed by atoms with Gasteiger partial charge in [0.15, 0.2) is 0 Å². The molecule has 0 amide bonds. The number of benzene rings is 1. The standard InChI is InChI=1S/C10H13Cl2NO3S/c1-7(6-14)13(2)17(15,16)10-8(11)4-3-5-9(10)12/h3-5,7,14H,6H2,1-2H3. The SMILES string of the molecule is CC(CO)N(C)S(=O)(=O)c1c(Cl)cccc1Cl. The molecule has 1 aromatic rings. The molecule has 0 heterocycles. The van der Waals surface area contributed by atoms with Crippen LogP contribution in [0, 0.1) is 0 Å². The zero-order valence-corrected chi connectivity index (χ0v) is 11.7. The molecule has 0 aromatic heterocycles. The van der Waals surface area contributed by atoms with Crippen LogP contribution in [0.3, 0.4) is 0 Å². The van der Waals surface area contributed by atoms with Crippen LogP contribution in [0.5, 0.6) is 0 Å². The van der Waals surface area contributed by atoms with Gasteiger partial charge in [0.2, 0.25) is 10.0 Å². The Balaban J connectivity index is 3.32. The molecular weight excluding hydrogens is 285 g/mol. The summed E-state index contributed by atoms with van der Waals surface area (Å²) in [6.07, 6.45) is 0. The highest BCUT2D eigenvalue weighted by atomic mass is 35.5. The summed E-state index contributed by atoms with van der Waals surface area (Å²) in [5.41, 5.74) is 0. The van der Waals surface area contributed by atoms with Crippen LogP contribution < -0.4 is 0 Å². The van der Waals surface area contributed by atoms with Gasteiger partial charge >= 0.3 is 0 Å². The Morgan fingerprint density at radius 3 is 2.24 bits per heavy atom. The molecule has 4 nitrogen and oxygen atoms in total. The third kappa shape index (κ3) is 2.92. The van der Waals surface area contributed by atoms with Gasteiger partial charge in [-0.25, -0.2) is 8.42 Å². The highest BCUT2D eigenvalue weighted by Gasteiger charge is 2.29. The Bertz CT molecular complexity index is 484. The van der Waals surface area contributed by atoms with E-state index in [1.807, 2.05) is 0 Å². The van der Waals surface area contributed by atoms with Crippen molar-refractivity contribution in [1.29, 1.82) is 0 Å². The van der Waals surface area contributed by atoms with Crippen LogP contribution in [0.2, 0.25) is 10.0 Å². The summed E-state index contributed by atoms with van der Waals surface area (Å²) in [6, 6.07) is 3.93. The van der Waals surface area contributed by atoms with Crippen LogP contribution in [-0.4, -0.2) is 37.5 Å². The minimum atomic E-state index is -3.80. The number of hydrogen-bond acceptors (Lipinski definition) is 3. The van der Waals surface area contributed by atoms with Gasteiger partial charge in [-0.2, -0.15) is 4.31 Å². The lowest BCUT2D eigenvalue weighted by molar-refractivity contribution is 0.214. The van der Waals surface area contributed by atoms with Crippen molar-refractivity contribution in [3.63, 3.8) is 0 Å². The van der Waals surface area contributed by atoms with Gasteiger partial charge < -0.3 is 5.11 Å². The number of rotatable bonds is 4. The van der Waals surface area contributed by atoms with Gasteiger partial charge in [-0.1, -0.05) is 29.3 Å². The molecule has 7 heteroatoms. The third-order valence-electron chi connectivity index (χ3n) is 2.44. The summed E-state index contributed by atoms with van der Waals surface area (Å²) in [5, 5.41) is 9.11. The van der Waals surface area contributed by atoms with E-state index in [-0.39, 0.29) is 21.5 Å². The summed E-state index contributed by atoms with van der Waals surface area (Å²) in [5.74, 6) is 0. The number of halogens is 2. The topological polar surface area (TPSA) is 57.6 Å². The first-order valence-electron chi connectivity index (χ1n) is 4.85. The summed E-state index contributed by atoms with van der Waals surface area (Å²) >= 11 is 11.7. The number of likely N-dealkylation sites (N-methyl/N-ethyl adjacent to an activating group) is 1. The molecule has 0 spiro atoms. The molecule has 0 fully saturated rings. The quantitative estimate of drug-likeness (QED) is 0.925. The van der Waals surface area contributed by atoms with E-state index in [4.69, 9.17) is 28.3 Å². The van der Waals surface area contributed by atoms with Gasteiger partial charge in [0.1, 0.15) is 4.90 Å². The zero-order chi connectivity index (χ0) is 13.2. The van der Waals surface area contributed by atoms with Crippen LogP contribution in [0.25, 0.3) is 0 Å². The van der Waals surface area contributed by atoms with E-state index in [1.54, 1.807) is 13.0 Å². The maximum atomic E-state index is 12.2. The molecule has 0 aliphatic rings. The van der Waals surface area contributed by atoms with Gasteiger partial charge in [-0.3, -0.25) is 0 Å². The maximum Gasteiger partial charge on any atom is 0.246 e. The lowest BCUT2D eigenvalue weighted by atomic mass is 10.4.